The van der Waals surface area contributed by atoms with Crippen LogP contribution in [0.5, 0.6) is 0 Å². The van der Waals surface area contributed by atoms with E-state index < -0.39 is 16.0 Å². The second-order valence-corrected chi connectivity index (χ2v) is 7.23. The Bertz CT molecular complexity index is 876. The van der Waals surface area contributed by atoms with E-state index in [1.807, 2.05) is 0 Å². The van der Waals surface area contributed by atoms with Crippen molar-refractivity contribution in [1.82, 2.24) is 15.0 Å². The Kier molecular flexibility index (Phi) is 7.05. The number of aromatic nitrogens is 2. The quantitative estimate of drug-likeness (QED) is 0.177. The standard InChI is InChI=1S/C11H12BrFIN7O3S/c12-7-5-6(1-2-8(7)13)18-11(19-14)9-10(21-24-20-9)16-3-4-17-25(15,22)23/h1-2,5,17H,3-4H2,(H,16,21)(H,18,19)(H2,15,22,23). The summed E-state index contributed by atoms with van der Waals surface area (Å²) < 4.78 is 46.0. The molecule has 0 amide bonds. The van der Waals surface area contributed by atoms with Crippen LogP contribution in [0.3, 0.4) is 0 Å². The highest BCUT2D eigenvalue weighted by molar-refractivity contribution is 14.1. The van der Waals surface area contributed by atoms with Gasteiger partial charge < -0.3 is 10.6 Å². The molecule has 0 saturated carbocycles. The molecule has 0 saturated heterocycles. The van der Waals surface area contributed by atoms with E-state index in [9.17, 15) is 12.8 Å². The third-order valence-corrected chi connectivity index (χ3v) is 4.40. The number of benzene rings is 1. The molecule has 0 aliphatic carbocycles. The van der Waals surface area contributed by atoms with Crippen LogP contribution in [-0.4, -0.2) is 37.7 Å². The van der Waals surface area contributed by atoms with Crippen molar-refractivity contribution >= 4 is 66.3 Å². The van der Waals surface area contributed by atoms with Gasteiger partial charge in [0, 0.05) is 18.8 Å². The van der Waals surface area contributed by atoms with Gasteiger partial charge in [0.15, 0.2) is 11.5 Å². The molecule has 14 heteroatoms. The van der Waals surface area contributed by atoms with Gasteiger partial charge in [-0.3, -0.25) is 0 Å². The van der Waals surface area contributed by atoms with Crippen molar-refractivity contribution in [1.29, 1.82) is 0 Å². The average Bonchev–Trinajstić information content (AvgIpc) is 3.00. The summed E-state index contributed by atoms with van der Waals surface area (Å²) in [6, 6.07) is 4.35. The first-order valence-corrected chi connectivity index (χ1v) is 9.86. The first-order chi connectivity index (χ1) is 11.8. The van der Waals surface area contributed by atoms with Gasteiger partial charge in [-0.1, -0.05) is 0 Å². The minimum absolute atomic E-state index is 0.0418. The Morgan fingerprint density at radius 1 is 1.40 bits per heavy atom. The smallest absolute Gasteiger partial charge is 0.274 e. The maximum absolute atomic E-state index is 13.3. The number of nitrogens with zero attached hydrogens (tertiary/aromatic N) is 3. The normalized spacial score (nSPS) is 12.2. The fraction of sp³-hybridized carbons (Fsp3) is 0.182. The Morgan fingerprint density at radius 3 is 2.80 bits per heavy atom. The zero-order valence-electron chi connectivity index (χ0n) is 12.3. The van der Waals surface area contributed by atoms with Crippen LogP contribution in [0.15, 0.2) is 30.5 Å². The molecule has 1 heterocycles. The second kappa shape index (κ2) is 8.84. The Morgan fingerprint density at radius 2 is 2.16 bits per heavy atom. The molecule has 0 atom stereocenters. The van der Waals surface area contributed by atoms with Gasteiger partial charge in [0.1, 0.15) is 5.82 Å². The summed E-state index contributed by atoms with van der Waals surface area (Å²) in [4.78, 5) is 0. The second-order valence-electron chi connectivity index (χ2n) is 4.51. The molecule has 0 bridgehead atoms. The first-order valence-electron chi connectivity index (χ1n) is 6.55. The summed E-state index contributed by atoms with van der Waals surface area (Å²) >= 11 is 4.86. The largest absolute Gasteiger partial charge is 0.364 e. The highest BCUT2D eigenvalue weighted by Gasteiger charge is 2.17. The van der Waals surface area contributed by atoms with Crippen LogP contribution < -0.4 is 20.5 Å². The molecule has 0 aliphatic heterocycles. The van der Waals surface area contributed by atoms with Crippen molar-refractivity contribution in [3.8, 4) is 0 Å². The highest BCUT2D eigenvalue weighted by atomic mass is 127. The molecule has 136 valence electrons. The maximum atomic E-state index is 13.3. The predicted octanol–water partition coefficient (Wildman–Crippen LogP) is 1.38. The summed E-state index contributed by atoms with van der Waals surface area (Å²) in [6.07, 6.45) is 0. The molecule has 0 fully saturated rings. The van der Waals surface area contributed by atoms with E-state index >= 15 is 0 Å². The van der Waals surface area contributed by atoms with Gasteiger partial charge in [0.05, 0.1) is 27.3 Å². The topological polar surface area (TPSA) is 148 Å². The number of nitrogens with two attached hydrogens (primary N) is 1. The van der Waals surface area contributed by atoms with Gasteiger partial charge in [-0.15, -0.1) is 0 Å². The van der Waals surface area contributed by atoms with Crippen molar-refractivity contribution in [2.75, 3.05) is 23.7 Å². The third kappa shape index (κ3) is 6.14. The van der Waals surface area contributed by atoms with Crippen LogP contribution in [-0.2, 0) is 10.2 Å². The van der Waals surface area contributed by atoms with Crippen LogP contribution in [0.2, 0.25) is 0 Å². The average molecular weight is 548 g/mol. The lowest BCUT2D eigenvalue weighted by Crippen LogP contribution is -2.34. The zero-order chi connectivity index (χ0) is 18.4. The fourth-order valence-corrected chi connectivity index (χ4v) is 2.78. The maximum Gasteiger partial charge on any atom is 0.274 e. The highest BCUT2D eigenvalue weighted by Crippen LogP contribution is 2.21. The molecule has 1 aromatic carbocycles. The first kappa shape index (κ1) is 20.0. The van der Waals surface area contributed by atoms with Gasteiger partial charge in [0.25, 0.3) is 10.2 Å². The Labute approximate surface area is 164 Å². The van der Waals surface area contributed by atoms with Crippen LogP contribution in [0.25, 0.3) is 0 Å². The molecule has 2 rings (SSSR count). The van der Waals surface area contributed by atoms with Gasteiger partial charge >= 0.3 is 0 Å². The SMILES string of the molecule is NS(=O)(=O)NCCNc1nonc1/C(=N/I)Nc1ccc(F)c(Br)c1. The third-order valence-electron chi connectivity index (χ3n) is 2.70. The van der Waals surface area contributed by atoms with Gasteiger partial charge in [0.2, 0.25) is 5.82 Å². The lowest BCUT2D eigenvalue weighted by molar-refractivity contribution is 0.308. The number of nitrogens with one attached hydrogen (secondary N) is 3. The summed E-state index contributed by atoms with van der Waals surface area (Å²) in [5, 5.41) is 18.1. The molecule has 2 aromatic rings. The van der Waals surface area contributed by atoms with Crippen molar-refractivity contribution in [3.05, 3.63) is 34.2 Å². The molecular formula is C11H12BrFIN7O3S. The lowest BCUT2D eigenvalue weighted by atomic mass is 10.3. The van der Waals surface area contributed by atoms with Crippen LogP contribution in [0.1, 0.15) is 5.69 Å². The summed E-state index contributed by atoms with van der Waals surface area (Å²) in [5.74, 6) is 0.161. The number of amidine groups is 1. The molecule has 1 aromatic heterocycles. The number of halogens is 3. The van der Waals surface area contributed by atoms with Gasteiger partial charge in [-0.25, -0.2) is 18.9 Å². The van der Waals surface area contributed by atoms with E-state index in [1.165, 1.54) is 18.2 Å². The molecule has 5 N–H and O–H groups in total. The summed E-state index contributed by atoms with van der Waals surface area (Å²) in [6.45, 7) is 0.231. The van der Waals surface area contributed by atoms with Crippen LogP contribution in [0.4, 0.5) is 15.9 Å². The van der Waals surface area contributed by atoms with E-state index in [-0.39, 0.29) is 29.1 Å². The number of hydrogen-bond acceptors (Lipinski definition) is 7. The van der Waals surface area contributed by atoms with E-state index in [1.54, 1.807) is 22.9 Å². The molecule has 25 heavy (non-hydrogen) atoms. The summed E-state index contributed by atoms with van der Waals surface area (Å²) in [7, 11) is -3.77. The molecule has 0 spiro atoms. The lowest BCUT2D eigenvalue weighted by Gasteiger charge is -2.09. The van der Waals surface area contributed by atoms with Crippen molar-refractivity contribution < 1.29 is 17.4 Å². The fourth-order valence-electron chi connectivity index (χ4n) is 1.67. The molecule has 0 aliphatic rings. The minimum Gasteiger partial charge on any atom is -0.364 e. The van der Waals surface area contributed by atoms with Crippen molar-refractivity contribution in [2.24, 2.45) is 8.34 Å². The number of hydrogen-bond donors (Lipinski definition) is 4. The monoisotopic (exact) mass is 547 g/mol. The molecule has 0 radical (unpaired) electrons. The van der Waals surface area contributed by atoms with Crippen LogP contribution in [0, 0.1) is 5.82 Å². The minimum atomic E-state index is -3.77. The van der Waals surface area contributed by atoms with E-state index in [0.717, 1.165) is 0 Å². The zero-order valence-corrected chi connectivity index (χ0v) is 16.9. The summed E-state index contributed by atoms with van der Waals surface area (Å²) in [5.41, 5.74) is 0.832. The van der Waals surface area contributed by atoms with Gasteiger partial charge in [-0.05, 0) is 44.4 Å². The van der Waals surface area contributed by atoms with E-state index in [4.69, 9.17) is 5.14 Å². The van der Waals surface area contributed by atoms with E-state index in [2.05, 4.69) is 49.4 Å². The molecular weight excluding hydrogens is 536 g/mol. The Balaban J connectivity index is 2.06. The van der Waals surface area contributed by atoms with Crippen molar-refractivity contribution in [3.63, 3.8) is 0 Å². The van der Waals surface area contributed by atoms with E-state index in [0.29, 0.717) is 11.5 Å². The number of anilines is 2. The predicted molar refractivity (Wildman–Crippen MR) is 102 cm³/mol. The van der Waals surface area contributed by atoms with Crippen molar-refractivity contribution in [2.45, 2.75) is 0 Å². The van der Waals surface area contributed by atoms with Crippen LogP contribution >= 0.6 is 38.8 Å². The molecule has 10 nitrogen and oxygen atoms in total. The van der Waals surface area contributed by atoms with Gasteiger partial charge in [-0.2, -0.15) is 11.6 Å². The Hall–Kier alpha value is -1.36. The molecule has 0 unspecified atom stereocenters. The number of rotatable bonds is 7.